The number of benzene rings is 2. The average molecular weight is 420 g/mol. The standard InChI is InChI=1S/C25H29N3O3/c1-18-24(25(30)28(27(18)2)20-10-4-3-5-11-20)26-23(29)16-15-19-9-8-14-22(17-19)31-21-12-6-7-13-21/h3-5,8-11,14,17,21H,6-7,12-13,15-16H2,1-2H3,(H,26,29). The Kier molecular flexibility index (Phi) is 6.26. The molecule has 3 aromatic rings. The summed E-state index contributed by atoms with van der Waals surface area (Å²) in [6.45, 7) is 1.83. The van der Waals surface area contributed by atoms with E-state index in [9.17, 15) is 9.59 Å². The third-order valence-electron chi connectivity index (χ3n) is 5.96. The maximum absolute atomic E-state index is 12.9. The quantitative estimate of drug-likeness (QED) is 0.618. The molecule has 0 radical (unpaired) electrons. The zero-order valence-electron chi connectivity index (χ0n) is 18.1. The molecule has 0 spiro atoms. The lowest BCUT2D eigenvalue weighted by Crippen LogP contribution is -2.23. The minimum Gasteiger partial charge on any atom is -0.490 e. The molecule has 0 bridgehead atoms. The number of nitrogens with one attached hydrogen (secondary N) is 1. The largest absolute Gasteiger partial charge is 0.490 e. The molecule has 1 aromatic heterocycles. The number of anilines is 1. The number of carbonyl (C=O) groups is 1. The Morgan fingerprint density at radius 1 is 1.10 bits per heavy atom. The number of rotatable bonds is 7. The van der Waals surface area contributed by atoms with Crippen LogP contribution in [0.15, 0.2) is 59.4 Å². The number of aromatic nitrogens is 2. The van der Waals surface area contributed by atoms with Crippen LogP contribution in [0.25, 0.3) is 5.69 Å². The van der Waals surface area contributed by atoms with Crippen molar-refractivity contribution in [1.82, 2.24) is 9.36 Å². The number of hydrogen-bond donors (Lipinski definition) is 1. The first-order chi connectivity index (χ1) is 15.0. The van der Waals surface area contributed by atoms with Crippen molar-refractivity contribution in [3.05, 3.63) is 76.2 Å². The molecule has 1 amide bonds. The fourth-order valence-electron chi connectivity index (χ4n) is 4.15. The first kappa shape index (κ1) is 21.0. The Bertz CT molecular complexity index is 1110. The summed E-state index contributed by atoms with van der Waals surface area (Å²) in [6, 6.07) is 17.4. The zero-order valence-corrected chi connectivity index (χ0v) is 18.1. The van der Waals surface area contributed by atoms with E-state index in [2.05, 4.69) is 5.32 Å². The van der Waals surface area contributed by atoms with Crippen molar-refractivity contribution in [1.29, 1.82) is 0 Å². The third kappa shape index (κ3) is 4.74. The summed E-state index contributed by atoms with van der Waals surface area (Å²) in [5.41, 5.74) is 2.63. The predicted octanol–water partition coefficient (Wildman–Crippen LogP) is 4.38. The van der Waals surface area contributed by atoms with Crippen LogP contribution in [-0.2, 0) is 18.3 Å². The van der Waals surface area contributed by atoms with Gasteiger partial charge in [-0.2, -0.15) is 0 Å². The number of ether oxygens (including phenoxy) is 1. The first-order valence-electron chi connectivity index (χ1n) is 10.9. The van der Waals surface area contributed by atoms with E-state index in [1.54, 1.807) is 9.36 Å². The lowest BCUT2D eigenvalue weighted by Gasteiger charge is -2.13. The fourth-order valence-corrected chi connectivity index (χ4v) is 4.15. The first-order valence-corrected chi connectivity index (χ1v) is 10.9. The van der Waals surface area contributed by atoms with Crippen LogP contribution >= 0.6 is 0 Å². The van der Waals surface area contributed by atoms with Crippen molar-refractivity contribution in [2.24, 2.45) is 7.05 Å². The number of hydrogen-bond acceptors (Lipinski definition) is 3. The molecule has 1 saturated carbocycles. The number of carbonyl (C=O) groups excluding carboxylic acids is 1. The van der Waals surface area contributed by atoms with Crippen LogP contribution in [0.4, 0.5) is 5.69 Å². The summed E-state index contributed by atoms with van der Waals surface area (Å²) in [4.78, 5) is 25.6. The second-order valence-corrected chi connectivity index (χ2v) is 8.16. The van der Waals surface area contributed by atoms with Crippen molar-refractivity contribution in [3.8, 4) is 11.4 Å². The monoisotopic (exact) mass is 419 g/mol. The van der Waals surface area contributed by atoms with E-state index in [4.69, 9.17) is 4.74 Å². The summed E-state index contributed by atoms with van der Waals surface area (Å²) in [5, 5.41) is 2.83. The average Bonchev–Trinajstić information content (AvgIpc) is 3.36. The number of aryl methyl sites for hydroxylation is 1. The van der Waals surface area contributed by atoms with Gasteiger partial charge in [0, 0.05) is 13.5 Å². The lowest BCUT2D eigenvalue weighted by atomic mass is 10.1. The van der Waals surface area contributed by atoms with E-state index in [1.165, 1.54) is 12.8 Å². The third-order valence-corrected chi connectivity index (χ3v) is 5.96. The molecule has 1 heterocycles. The van der Waals surface area contributed by atoms with Gasteiger partial charge in [-0.15, -0.1) is 0 Å². The van der Waals surface area contributed by atoms with Crippen LogP contribution in [0.3, 0.4) is 0 Å². The number of nitrogens with zero attached hydrogens (tertiary/aromatic N) is 2. The Morgan fingerprint density at radius 2 is 1.84 bits per heavy atom. The molecule has 162 valence electrons. The summed E-state index contributed by atoms with van der Waals surface area (Å²) in [5.74, 6) is 0.697. The molecule has 4 rings (SSSR count). The molecule has 0 unspecified atom stereocenters. The summed E-state index contributed by atoms with van der Waals surface area (Å²) in [7, 11) is 1.81. The van der Waals surface area contributed by atoms with Crippen molar-refractivity contribution in [3.63, 3.8) is 0 Å². The molecule has 0 atom stereocenters. The second-order valence-electron chi connectivity index (χ2n) is 8.16. The number of para-hydroxylation sites is 1. The van der Waals surface area contributed by atoms with E-state index in [0.717, 1.165) is 29.8 Å². The summed E-state index contributed by atoms with van der Waals surface area (Å²) >= 11 is 0. The van der Waals surface area contributed by atoms with Crippen molar-refractivity contribution in [2.45, 2.75) is 51.6 Å². The van der Waals surface area contributed by atoms with Crippen LogP contribution in [0.2, 0.25) is 0 Å². The highest BCUT2D eigenvalue weighted by Crippen LogP contribution is 2.25. The maximum Gasteiger partial charge on any atom is 0.295 e. The molecule has 1 aliphatic carbocycles. The van der Waals surface area contributed by atoms with Gasteiger partial charge in [-0.1, -0.05) is 30.3 Å². The fraction of sp³-hybridized carbons (Fsp3) is 0.360. The Morgan fingerprint density at radius 3 is 2.58 bits per heavy atom. The minimum absolute atomic E-state index is 0.173. The molecule has 1 fully saturated rings. The molecule has 1 N–H and O–H groups in total. The molecule has 0 saturated heterocycles. The van der Waals surface area contributed by atoms with Crippen LogP contribution in [0, 0.1) is 6.92 Å². The normalized spacial score (nSPS) is 14.0. The Labute approximate surface area is 182 Å². The van der Waals surface area contributed by atoms with Gasteiger partial charge in [0.25, 0.3) is 5.56 Å². The highest BCUT2D eigenvalue weighted by Gasteiger charge is 2.19. The zero-order chi connectivity index (χ0) is 21.8. The van der Waals surface area contributed by atoms with Gasteiger partial charge in [-0.3, -0.25) is 14.3 Å². The van der Waals surface area contributed by atoms with Crippen molar-refractivity contribution in [2.75, 3.05) is 5.32 Å². The molecule has 31 heavy (non-hydrogen) atoms. The van der Waals surface area contributed by atoms with Gasteiger partial charge in [0.1, 0.15) is 11.4 Å². The highest BCUT2D eigenvalue weighted by molar-refractivity contribution is 5.91. The predicted molar refractivity (Wildman–Crippen MR) is 122 cm³/mol. The molecule has 0 aliphatic heterocycles. The van der Waals surface area contributed by atoms with E-state index in [1.807, 2.05) is 68.6 Å². The van der Waals surface area contributed by atoms with Crippen molar-refractivity contribution < 1.29 is 9.53 Å². The lowest BCUT2D eigenvalue weighted by molar-refractivity contribution is -0.116. The molecule has 6 heteroatoms. The Hall–Kier alpha value is -3.28. The van der Waals surface area contributed by atoms with Gasteiger partial charge in [0.05, 0.1) is 17.5 Å². The summed E-state index contributed by atoms with van der Waals surface area (Å²) in [6.07, 6.45) is 5.89. The molecule has 1 aliphatic rings. The van der Waals surface area contributed by atoms with E-state index < -0.39 is 0 Å². The van der Waals surface area contributed by atoms with Gasteiger partial charge in [-0.25, -0.2) is 4.68 Å². The van der Waals surface area contributed by atoms with Crippen LogP contribution in [-0.4, -0.2) is 21.4 Å². The topological polar surface area (TPSA) is 65.3 Å². The smallest absolute Gasteiger partial charge is 0.295 e. The van der Waals surface area contributed by atoms with E-state index in [0.29, 0.717) is 30.3 Å². The molecular weight excluding hydrogens is 390 g/mol. The maximum atomic E-state index is 12.9. The van der Waals surface area contributed by atoms with Crippen LogP contribution in [0.1, 0.15) is 43.4 Å². The minimum atomic E-state index is -0.230. The van der Waals surface area contributed by atoms with Crippen LogP contribution in [0.5, 0.6) is 5.75 Å². The van der Waals surface area contributed by atoms with Gasteiger partial charge < -0.3 is 10.1 Å². The molecule has 6 nitrogen and oxygen atoms in total. The SMILES string of the molecule is Cc1c(NC(=O)CCc2cccc(OC3CCCC3)c2)c(=O)n(-c2ccccc2)n1C. The van der Waals surface area contributed by atoms with E-state index in [-0.39, 0.29) is 11.5 Å². The van der Waals surface area contributed by atoms with Crippen molar-refractivity contribution >= 4 is 11.6 Å². The van der Waals surface area contributed by atoms with Gasteiger partial charge in [0.15, 0.2) is 0 Å². The van der Waals surface area contributed by atoms with E-state index >= 15 is 0 Å². The molecular formula is C25H29N3O3. The number of amides is 1. The Balaban J connectivity index is 1.41. The molecule has 2 aromatic carbocycles. The van der Waals surface area contributed by atoms with Gasteiger partial charge in [0.2, 0.25) is 5.91 Å². The van der Waals surface area contributed by atoms with Gasteiger partial charge >= 0.3 is 0 Å². The highest BCUT2D eigenvalue weighted by atomic mass is 16.5. The van der Waals surface area contributed by atoms with Crippen LogP contribution < -0.4 is 15.6 Å². The second kappa shape index (κ2) is 9.25. The van der Waals surface area contributed by atoms with Gasteiger partial charge in [-0.05, 0) is 68.9 Å². The summed E-state index contributed by atoms with van der Waals surface area (Å²) < 4.78 is 9.39.